The van der Waals surface area contributed by atoms with Crippen LogP contribution in [0.15, 0.2) is 23.3 Å². The summed E-state index contributed by atoms with van der Waals surface area (Å²) >= 11 is 0. The van der Waals surface area contributed by atoms with Gasteiger partial charge in [-0.05, 0) is 18.3 Å². The Hall–Kier alpha value is -3.94. The van der Waals surface area contributed by atoms with E-state index < -0.39 is 17.3 Å². The molecule has 3 aromatic rings. The lowest BCUT2D eigenvalue weighted by molar-refractivity contribution is 0.0944. The molecule has 4 rings (SSSR count). The molecule has 3 heterocycles. The molecule has 1 amide bonds. The Labute approximate surface area is 177 Å². The number of nitrogens with one attached hydrogen (secondary N) is 2. The van der Waals surface area contributed by atoms with Crippen LogP contribution in [0.4, 0.5) is 11.6 Å². The maximum Gasteiger partial charge on any atom is 0.291 e. The topological polar surface area (TPSA) is 150 Å². The van der Waals surface area contributed by atoms with E-state index in [-0.39, 0.29) is 28.5 Å². The molecule has 1 aliphatic rings. The second-order valence-electron chi connectivity index (χ2n) is 8.72. The van der Waals surface area contributed by atoms with Crippen LogP contribution in [-0.2, 0) is 6.54 Å². The number of aromatic hydroxyl groups is 1. The number of hydrogen-bond donors (Lipinski definition) is 3. The van der Waals surface area contributed by atoms with Crippen molar-refractivity contribution < 1.29 is 9.90 Å². The molecule has 0 saturated heterocycles. The van der Waals surface area contributed by atoms with E-state index in [0.29, 0.717) is 18.0 Å². The monoisotopic (exact) mass is 422 g/mol. The van der Waals surface area contributed by atoms with Gasteiger partial charge in [-0.15, -0.1) is 5.10 Å². The molecule has 0 aliphatic heterocycles. The van der Waals surface area contributed by atoms with E-state index in [0.717, 1.165) is 17.4 Å². The second-order valence-corrected chi connectivity index (χ2v) is 8.72. The highest BCUT2D eigenvalue weighted by molar-refractivity contribution is 5.96. The number of anilines is 2. The third-order valence-corrected chi connectivity index (χ3v) is 4.65. The van der Waals surface area contributed by atoms with Gasteiger partial charge >= 0.3 is 0 Å². The van der Waals surface area contributed by atoms with Crippen LogP contribution in [-0.4, -0.2) is 41.2 Å². The summed E-state index contributed by atoms with van der Waals surface area (Å²) in [5, 5.41) is 29.7. The number of fused-ring (bicyclic) bond motifs is 1. The molecule has 11 nitrogen and oxygen atoms in total. The average Bonchev–Trinajstić information content (AvgIpc) is 3.41. The molecule has 31 heavy (non-hydrogen) atoms. The van der Waals surface area contributed by atoms with Gasteiger partial charge < -0.3 is 15.7 Å². The molecule has 160 valence electrons. The van der Waals surface area contributed by atoms with Crippen LogP contribution < -0.4 is 16.2 Å². The summed E-state index contributed by atoms with van der Waals surface area (Å²) in [4.78, 5) is 33.7. The molecule has 3 aromatic heterocycles. The van der Waals surface area contributed by atoms with E-state index >= 15 is 0 Å². The minimum absolute atomic E-state index is 0.0304. The zero-order valence-electron chi connectivity index (χ0n) is 17.4. The van der Waals surface area contributed by atoms with Gasteiger partial charge in [0.25, 0.3) is 11.5 Å². The van der Waals surface area contributed by atoms with E-state index in [1.807, 2.05) is 26.8 Å². The van der Waals surface area contributed by atoms with E-state index in [2.05, 4.69) is 25.7 Å². The predicted molar refractivity (Wildman–Crippen MR) is 111 cm³/mol. The first-order valence-corrected chi connectivity index (χ1v) is 9.82. The lowest BCUT2D eigenvalue weighted by Gasteiger charge is -2.23. The van der Waals surface area contributed by atoms with Gasteiger partial charge in [0.15, 0.2) is 17.1 Å². The van der Waals surface area contributed by atoms with Crippen LogP contribution in [0.3, 0.4) is 0 Å². The highest BCUT2D eigenvalue weighted by atomic mass is 16.3. The maximum absolute atomic E-state index is 13.0. The second kappa shape index (κ2) is 7.39. The standard InChI is InChI=1S/C20H22N8O3/c1-20(2,3)10-27-15-6-13(25-14-9-22-12(7-21)8-23-14)26-28(15)19(31)16(18(27)30)17(29)24-11-4-5-11/h6,8-9,11,30H,4-5,10H2,1-3H3,(H,24,29)(H,23,25,26). The SMILES string of the molecule is CC(C)(C)Cn1c(O)c(C(=O)NC2CC2)c(=O)n2nc(Nc3cnc(C#N)cn3)cc12. The largest absolute Gasteiger partial charge is 0.494 e. The van der Waals surface area contributed by atoms with Gasteiger partial charge in [0, 0.05) is 18.7 Å². The van der Waals surface area contributed by atoms with Crippen molar-refractivity contribution in [3.63, 3.8) is 0 Å². The summed E-state index contributed by atoms with van der Waals surface area (Å²) in [5.41, 5.74) is -0.814. The van der Waals surface area contributed by atoms with Crippen molar-refractivity contribution in [2.45, 2.75) is 46.2 Å². The Kier molecular flexibility index (Phi) is 4.85. The van der Waals surface area contributed by atoms with Crippen LogP contribution in [0.1, 0.15) is 49.7 Å². The molecule has 1 saturated carbocycles. The van der Waals surface area contributed by atoms with Gasteiger partial charge in [-0.1, -0.05) is 20.8 Å². The van der Waals surface area contributed by atoms with Crippen molar-refractivity contribution in [3.05, 3.63) is 40.1 Å². The van der Waals surface area contributed by atoms with E-state index in [4.69, 9.17) is 5.26 Å². The minimum atomic E-state index is -0.713. The van der Waals surface area contributed by atoms with Gasteiger partial charge in [0.05, 0.1) is 12.4 Å². The molecule has 0 unspecified atom stereocenters. The fraction of sp³-hybridized carbons (Fsp3) is 0.400. The molecule has 1 aliphatic carbocycles. The third-order valence-electron chi connectivity index (χ3n) is 4.65. The Bertz CT molecular complexity index is 1260. The first kappa shape index (κ1) is 20.3. The minimum Gasteiger partial charge on any atom is -0.494 e. The van der Waals surface area contributed by atoms with E-state index in [9.17, 15) is 14.7 Å². The maximum atomic E-state index is 13.0. The molecule has 3 N–H and O–H groups in total. The fourth-order valence-electron chi connectivity index (χ4n) is 3.11. The van der Waals surface area contributed by atoms with Crippen molar-refractivity contribution in [2.24, 2.45) is 5.41 Å². The smallest absolute Gasteiger partial charge is 0.291 e. The molecule has 11 heteroatoms. The molecule has 0 atom stereocenters. The number of carbonyl (C=O) groups is 1. The predicted octanol–water partition coefficient (Wildman–Crippen LogP) is 1.55. The van der Waals surface area contributed by atoms with Crippen molar-refractivity contribution in [1.29, 1.82) is 5.26 Å². The van der Waals surface area contributed by atoms with Crippen molar-refractivity contribution in [3.8, 4) is 11.9 Å². The van der Waals surface area contributed by atoms with E-state index in [1.54, 1.807) is 6.07 Å². The number of amides is 1. The normalized spacial score (nSPS) is 13.7. The highest BCUT2D eigenvalue weighted by Gasteiger charge is 2.30. The van der Waals surface area contributed by atoms with Crippen molar-refractivity contribution in [1.82, 2.24) is 29.5 Å². The first-order chi connectivity index (χ1) is 14.7. The summed E-state index contributed by atoms with van der Waals surface area (Å²) in [6.07, 6.45) is 4.39. The summed E-state index contributed by atoms with van der Waals surface area (Å²) in [7, 11) is 0. The molecule has 0 spiro atoms. The van der Waals surface area contributed by atoms with Gasteiger partial charge in [0.1, 0.15) is 17.5 Å². The first-order valence-electron chi connectivity index (χ1n) is 9.82. The number of aromatic nitrogens is 5. The molecule has 0 aromatic carbocycles. The Balaban J connectivity index is 1.81. The molecule has 1 fully saturated rings. The summed E-state index contributed by atoms with van der Waals surface area (Å²) < 4.78 is 2.60. The number of hydrogen-bond acceptors (Lipinski definition) is 8. The van der Waals surface area contributed by atoms with Crippen LogP contribution in [0.2, 0.25) is 0 Å². The number of carbonyl (C=O) groups excluding carboxylic acids is 1. The van der Waals surface area contributed by atoms with Gasteiger partial charge in [0.2, 0.25) is 5.88 Å². The number of nitriles is 1. The van der Waals surface area contributed by atoms with E-state index in [1.165, 1.54) is 17.0 Å². The summed E-state index contributed by atoms with van der Waals surface area (Å²) in [6, 6.07) is 3.49. The van der Waals surface area contributed by atoms with Gasteiger partial charge in [-0.25, -0.2) is 9.97 Å². The Morgan fingerprint density at radius 1 is 1.29 bits per heavy atom. The van der Waals surface area contributed by atoms with Crippen LogP contribution in [0.25, 0.3) is 5.65 Å². The number of rotatable bonds is 5. The third kappa shape index (κ3) is 4.18. The van der Waals surface area contributed by atoms with Crippen LogP contribution >= 0.6 is 0 Å². The van der Waals surface area contributed by atoms with Gasteiger partial charge in [-0.3, -0.25) is 14.2 Å². The molecule has 0 bridgehead atoms. The average molecular weight is 422 g/mol. The molecular formula is C20H22N8O3. The Morgan fingerprint density at radius 3 is 2.61 bits per heavy atom. The fourth-order valence-corrected chi connectivity index (χ4v) is 3.11. The lowest BCUT2D eigenvalue weighted by atomic mass is 9.96. The van der Waals surface area contributed by atoms with Crippen molar-refractivity contribution in [2.75, 3.05) is 5.32 Å². The molecule has 0 radical (unpaired) electrons. The quantitative estimate of drug-likeness (QED) is 0.560. The van der Waals surface area contributed by atoms with Gasteiger partial charge in [-0.2, -0.15) is 9.78 Å². The molecular weight excluding hydrogens is 400 g/mol. The lowest BCUT2D eigenvalue weighted by Crippen LogP contribution is -2.35. The zero-order chi connectivity index (χ0) is 22.3. The summed E-state index contributed by atoms with van der Waals surface area (Å²) in [6.45, 7) is 6.28. The summed E-state index contributed by atoms with van der Waals surface area (Å²) in [5.74, 6) is -0.404. The zero-order valence-corrected chi connectivity index (χ0v) is 17.4. The Morgan fingerprint density at radius 2 is 2.03 bits per heavy atom. The highest BCUT2D eigenvalue weighted by Crippen LogP contribution is 2.27. The number of nitrogens with zero attached hydrogens (tertiary/aromatic N) is 6. The van der Waals surface area contributed by atoms with Crippen LogP contribution in [0.5, 0.6) is 5.88 Å². The van der Waals surface area contributed by atoms with Crippen molar-refractivity contribution >= 4 is 23.2 Å². The van der Waals surface area contributed by atoms with Crippen LogP contribution in [0, 0.1) is 16.7 Å².